The van der Waals surface area contributed by atoms with Crippen LogP contribution in [0.1, 0.15) is 16.7 Å². The molecular weight excluding hydrogens is 337 g/mol. The highest BCUT2D eigenvalue weighted by Crippen LogP contribution is 2.29. The van der Waals surface area contributed by atoms with E-state index in [1.165, 1.54) is 6.07 Å². The Morgan fingerprint density at radius 2 is 1.92 bits per heavy atom. The van der Waals surface area contributed by atoms with Crippen LogP contribution >= 0.6 is 0 Å². The predicted molar refractivity (Wildman–Crippen MR) is 92.4 cm³/mol. The van der Waals surface area contributed by atoms with Crippen molar-refractivity contribution >= 4 is 5.82 Å². The molecule has 0 radical (unpaired) electrons. The Balaban J connectivity index is 2.04. The SMILES string of the molecule is N#Cc1c(N)[nH]c(=O)c(C#N)c1-c1ccc(CN2CCOCC2)c(F)c1. The quantitative estimate of drug-likeness (QED) is 0.859. The van der Waals surface area contributed by atoms with E-state index in [2.05, 4.69) is 9.88 Å². The molecule has 0 atom stereocenters. The topological polar surface area (TPSA) is 119 Å². The first-order chi connectivity index (χ1) is 12.5. The molecule has 2 aromatic rings. The number of rotatable bonds is 3. The largest absolute Gasteiger partial charge is 0.384 e. The van der Waals surface area contributed by atoms with Gasteiger partial charge in [0.15, 0.2) is 0 Å². The van der Waals surface area contributed by atoms with Crippen molar-refractivity contribution in [1.29, 1.82) is 10.5 Å². The van der Waals surface area contributed by atoms with Crippen molar-refractivity contribution in [1.82, 2.24) is 9.88 Å². The monoisotopic (exact) mass is 353 g/mol. The number of nitrogens with one attached hydrogen (secondary N) is 1. The Labute approximate surface area is 149 Å². The molecular formula is C18H16FN5O2. The predicted octanol–water partition coefficient (Wildman–Crippen LogP) is 1.34. The van der Waals surface area contributed by atoms with Crippen LogP contribution in [0.15, 0.2) is 23.0 Å². The van der Waals surface area contributed by atoms with E-state index in [1.54, 1.807) is 18.2 Å². The highest BCUT2D eigenvalue weighted by atomic mass is 19.1. The number of halogens is 1. The summed E-state index contributed by atoms with van der Waals surface area (Å²) >= 11 is 0. The van der Waals surface area contributed by atoms with Gasteiger partial charge >= 0.3 is 0 Å². The molecule has 1 fully saturated rings. The third-order valence-corrected chi connectivity index (χ3v) is 4.31. The summed E-state index contributed by atoms with van der Waals surface area (Å²) in [5.41, 5.74) is 5.46. The Morgan fingerprint density at radius 1 is 1.23 bits per heavy atom. The number of nitrogen functional groups attached to an aromatic ring is 1. The molecule has 1 saturated heterocycles. The Morgan fingerprint density at radius 3 is 2.54 bits per heavy atom. The van der Waals surface area contributed by atoms with E-state index in [-0.39, 0.29) is 28.1 Å². The molecule has 0 spiro atoms. The van der Waals surface area contributed by atoms with Crippen molar-refractivity contribution in [3.05, 3.63) is 51.1 Å². The van der Waals surface area contributed by atoms with E-state index < -0.39 is 11.4 Å². The molecule has 0 bridgehead atoms. The number of hydrogen-bond donors (Lipinski definition) is 2. The first-order valence-electron chi connectivity index (χ1n) is 8.00. The van der Waals surface area contributed by atoms with Gasteiger partial charge in [-0.2, -0.15) is 10.5 Å². The van der Waals surface area contributed by atoms with Crippen LogP contribution in [0.3, 0.4) is 0 Å². The summed E-state index contributed by atoms with van der Waals surface area (Å²) in [5, 5.41) is 18.6. The molecule has 3 N–H and O–H groups in total. The van der Waals surface area contributed by atoms with E-state index in [0.29, 0.717) is 25.3 Å². The molecule has 7 nitrogen and oxygen atoms in total. The van der Waals surface area contributed by atoms with Gasteiger partial charge in [-0.15, -0.1) is 0 Å². The van der Waals surface area contributed by atoms with Gasteiger partial charge in [0.2, 0.25) is 0 Å². The first kappa shape index (κ1) is 17.6. The van der Waals surface area contributed by atoms with Crippen LogP contribution in [0, 0.1) is 28.5 Å². The third-order valence-electron chi connectivity index (χ3n) is 4.31. The summed E-state index contributed by atoms with van der Waals surface area (Å²) in [7, 11) is 0. The molecule has 8 heteroatoms. The molecule has 0 aliphatic carbocycles. The number of nitrogens with two attached hydrogens (primary N) is 1. The molecule has 0 amide bonds. The van der Waals surface area contributed by atoms with Gasteiger partial charge in [0, 0.05) is 30.8 Å². The van der Waals surface area contributed by atoms with Gasteiger partial charge in [-0.3, -0.25) is 9.69 Å². The van der Waals surface area contributed by atoms with Crippen molar-refractivity contribution in [2.24, 2.45) is 0 Å². The number of hydrogen-bond acceptors (Lipinski definition) is 6. The van der Waals surface area contributed by atoms with Gasteiger partial charge in [0.05, 0.1) is 13.2 Å². The van der Waals surface area contributed by atoms with Crippen molar-refractivity contribution < 1.29 is 9.13 Å². The molecule has 1 aromatic heterocycles. The highest BCUT2D eigenvalue weighted by molar-refractivity contribution is 5.80. The summed E-state index contributed by atoms with van der Waals surface area (Å²) in [6.07, 6.45) is 0. The van der Waals surface area contributed by atoms with Gasteiger partial charge in [-0.1, -0.05) is 12.1 Å². The van der Waals surface area contributed by atoms with E-state index in [1.807, 2.05) is 6.07 Å². The number of nitriles is 2. The Kier molecular flexibility index (Phi) is 4.99. The average molecular weight is 353 g/mol. The number of H-pyrrole nitrogens is 1. The number of aromatic nitrogens is 1. The van der Waals surface area contributed by atoms with Crippen molar-refractivity contribution in [2.75, 3.05) is 32.0 Å². The molecule has 0 unspecified atom stereocenters. The maximum absolute atomic E-state index is 14.6. The number of anilines is 1. The smallest absolute Gasteiger partial charge is 0.268 e. The summed E-state index contributed by atoms with van der Waals surface area (Å²) in [6.45, 7) is 3.11. The zero-order chi connectivity index (χ0) is 18.7. The second-order valence-electron chi connectivity index (χ2n) is 5.91. The van der Waals surface area contributed by atoms with Gasteiger partial charge in [0.25, 0.3) is 5.56 Å². The van der Waals surface area contributed by atoms with Crippen LogP contribution in [0.25, 0.3) is 11.1 Å². The Hall–Kier alpha value is -3.20. The van der Waals surface area contributed by atoms with Gasteiger partial charge in [-0.05, 0) is 11.6 Å². The minimum atomic E-state index is -0.711. The summed E-state index contributed by atoms with van der Waals surface area (Å²) in [5.74, 6) is -0.620. The first-order valence-corrected chi connectivity index (χ1v) is 8.00. The van der Waals surface area contributed by atoms with Gasteiger partial charge in [-0.25, -0.2) is 4.39 Å². The van der Waals surface area contributed by atoms with Crippen LogP contribution < -0.4 is 11.3 Å². The fraction of sp³-hybridized carbons (Fsp3) is 0.278. The lowest BCUT2D eigenvalue weighted by Crippen LogP contribution is -2.35. The van der Waals surface area contributed by atoms with Crippen molar-refractivity contribution in [3.63, 3.8) is 0 Å². The van der Waals surface area contributed by atoms with Crippen LogP contribution in [-0.4, -0.2) is 36.2 Å². The van der Waals surface area contributed by atoms with Crippen LogP contribution in [0.4, 0.5) is 10.2 Å². The zero-order valence-corrected chi connectivity index (χ0v) is 13.9. The summed E-state index contributed by atoms with van der Waals surface area (Å²) < 4.78 is 19.9. The highest BCUT2D eigenvalue weighted by Gasteiger charge is 2.20. The lowest BCUT2D eigenvalue weighted by Gasteiger charge is -2.26. The molecule has 1 aromatic carbocycles. The van der Waals surface area contributed by atoms with Crippen LogP contribution in [0.5, 0.6) is 0 Å². The number of benzene rings is 1. The van der Waals surface area contributed by atoms with E-state index in [0.717, 1.165) is 13.1 Å². The summed E-state index contributed by atoms with van der Waals surface area (Å²) in [4.78, 5) is 16.3. The second kappa shape index (κ2) is 7.36. The molecule has 1 aliphatic heterocycles. The number of nitrogens with zero attached hydrogens (tertiary/aromatic N) is 3. The van der Waals surface area contributed by atoms with Crippen molar-refractivity contribution in [2.45, 2.75) is 6.54 Å². The van der Waals surface area contributed by atoms with Gasteiger partial charge in [0.1, 0.15) is 34.9 Å². The minimum Gasteiger partial charge on any atom is -0.384 e. The molecule has 132 valence electrons. The maximum Gasteiger partial charge on any atom is 0.268 e. The number of morpholine rings is 1. The number of pyridine rings is 1. The van der Waals surface area contributed by atoms with E-state index in [4.69, 9.17) is 10.5 Å². The number of ether oxygens (including phenoxy) is 1. The van der Waals surface area contributed by atoms with Crippen LogP contribution in [-0.2, 0) is 11.3 Å². The summed E-state index contributed by atoms with van der Waals surface area (Å²) in [6, 6.07) is 8.06. The standard InChI is InChI=1S/C18H16FN5O2/c19-15-7-11(1-2-12(15)10-24-3-5-26-6-4-24)16-13(8-20)17(22)23-18(25)14(16)9-21/h1-2,7H,3-6,10H2,(H3,22,23,25). The van der Waals surface area contributed by atoms with E-state index >= 15 is 0 Å². The molecule has 1 aliphatic rings. The van der Waals surface area contributed by atoms with Crippen molar-refractivity contribution in [3.8, 4) is 23.3 Å². The van der Waals surface area contributed by atoms with E-state index in [9.17, 15) is 19.7 Å². The lowest BCUT2D eigenvalue weighted by atomic mass is 9.95. The molecule has 2 heterocycles. The number of aromatic amines is 1. The molecule has 3 rings (SSSR count). The van der Waals surface area contributed by atoms with Gasteiger partial charge < -0.3 is 15.5 Å². The maximum atomic E-state index is 14.6. The minimum absolute atomic E-state index is 0.0491. The fourth-order valence-corrected chi connectivity index (χ4v) is 2.96. The fourth-order valence-electron chi connectivity index (χ4n) is 2.96. The average Bonchev–Trinajstić information content (AvgIpc) is 2.64. The van der Waals surface area contributed by atoms with Crippen LogP contribution in [0.2, 0.25) is 0 Å². The normalized spacial score (nSPS) is 14.6. The molecule has 0 saturated carbocycles. The molecule has 26 heavy (non-hydrogen) atoms. The third kappa shape index (κ3) is 3.29. The Bertz CT molecular complexity index is 981. The zero-order valence-electron chi connectivity index (χ0n) is 13.9. The lowest BCUT2D eigenvalue weighted by molar-refractivity contribution is 0.0337. The second-order valence-corrected chi connectivity index (χ2v) is 5.91.